The first kappa shape index (κ1) is 19.2. The molecule has 0 atom stereocenters. The van der Waals surface area contributed by atoms with Crippen molar-refractivity contribution in [2.24, 2.45) is 0 Å². The molecule has 0 aliphatic rings. The molecule has 1 heterocycles. The van der Waals surface area contributed by atoms with Gasteiger partial charge in [-0.2, -0.15) is 0 Å². The average Bonchev–Trinajstić information content (AvgIpc) is 3.24. The van der Waals surface area contributed by atoms with Crippen molar-refractivity contribution in [3.05, 3.63) is 126 Å². The topological polar surface area (TPSA) is 34.9 Å². The first-order valence-electron chi connectivity index (χ1n) is 9.63. The maximum atomic E-state index is 11.5. The highest BCUT2D eigenvalue weighted by Gasteiger charge is 2.39. The van der Waals surface area contributed by atoms with E-state index in [1.807, 2.05) is 30.7 Å². The third kappa shape index (κ3) is 3.64. The highest BCUT2D eigenvalue weighted by Crippen LogP contribution is 2.41. The van der Waals surface area contributed by atoms with Crippen LogP contribution in [0, 0.1) is 0 Å². The van der Waals surface area contributed by atoms with Gasteiger partial charge in [-0.05, 0) is 23.1 Å². The van der Waals surface area contributed by atoms with E-state index in [1.165, 1.54) is 0 Å². The van der Waals surface area contributed by atoms with Gasteiger partial charge in [-0.25, -0.2) is 4.98 Å². The summed E-state index contributed by atoms with van der Waals surface area (Å²) in [5, 5.41) is -0.123. The Morgan fingerprint density at radius 2 is 1.24 bits per heavy atom. The summed E-state index contributed by atoms with van der Waals surface area (Å²) in [6.45, 7) is 0. The number of nitrogens with zero attached hydrogens (tertiary/aromatic N) is 2. The third-order valence-corrected chi connectivity index (χ3v) is 5.47. The number of carbonyl (C=O) groups excluding carboxylic acids is 1. The largest absolute Gasteiger partial charge is 0.316 e. The number of benzene rings is 3. The van der Waals surface area contributed by atoms with Crippen LogP contribution >= 0.6 is 12.6 Å². The quantitative estimate of drug-likeness (QED) is 0.347. The van der Waals surface area contributed by atoms with Crippen LogP contribution in [0.4, 0.5) is 0 Å². The van der Waals surface area contributed by atoms with Crippen LogP contribution < -0.4 is 0 Å². The Morgan fingerprint density at radius 1 is 0.793 bits per heavy atom. The molecular formula is C25H22N2OS. The van der Waals surface area contributed by atoms with E-state index in [2.05, 4.69) is 95.0 Å². The zero-order valence-electron chi connectivity index (χ0n) is 16.0. The number of rotatable bonds is 7. The predicted molar refractivity (Wildman–Crippen MR) is 119 cm³/mol. The second-order valence-corrected chi connectivity index (χ2v) is 7.46. The van der Waals surface area contributed by atoms with Gasteiger partial charge in [-0.3, -0.25) is 4.79 Å². The van der Waals surface area contributed by atoms with Gasteiger partial charge in [0.15, 0.2) is 5.12 Å². The number of thiol groups is 1. The van der Waals surface area contributed by atoms with Crippen molar-refractivity contribution in [1.29, 1.82) is 0 Å². The Labute approximate surface area is 176 Å². The molecule has 1 aromatic heterocycles. The fourth-order valence-corrected chi connectivity index (χ4v) is 4.11. The van der Waals surface area contributed by atoms with Crippen molar-refractivity contribution in [1.82, 2.24) is 9.55 Å². The Balaban J connectivity index is 2.05. The predicted octanol–water partition coefficient (Wildman–Crippen LogP) is 5.11. The van der Waals surface area contributed by atoms with Gasteiger partial charge in [0.25, 0.3) is 0 Å². The smallest absolute Gasteiger partial charge is 0.186 e. The van der Waals surface area contributed by atoms with E-state index in [0.29, 0.717) is 12.8 Å². The zero-order valence-corrected chi connectivity index (χ0v) is 16.9. The molecule has 3 aromatic carbocycles. The van der Waals surface area contributed by atoms with E-state index in [4.69, 9.17) is 0 Å². The normalized spacial score (nSPS) is 11.3. The average molecular weight is 399 g/mol. The zero-order chi connectivity index (χ0) is 20.1. The molecule has 0 amide bonds. The molecule has 0 radical (unpaired) electrons. The summed E-state index contributed by atoms with van der Waals surface area (Å²) in [4.78, 5) is 16.0. The molecule has 4 rings (SSSR count). The van der Waals surface area contributed by atoms with Gasteiger partial charge >= 0.3 is 0 Å². The second kappa shape index (κ2) is 8.50. The van der Waals surface area contributed by atoms with Crippen LogP contribution in [0.3, 0.4) is 0 Å². The van der Waals surface area contributed by atoms with Gasteiger partial charge in [-0.15, -0.1) is 12.6 Å². The summed E-state index contributed by atoms with van der Waals surface area (Å²) in [6, 6.07) is 31.3. The minimum absolute atomic E-state index is 0.123. The lowest BCUT2D eigenvalue weighted by molar-refractivity contribution is -0.110. The second-order valence-electron chi connectivity index (χ2n) is 6.96. The number of aromatic nitrogens is 2. The van der Waals surface area contributed by atoms with E-state index in [-0.39, 0.29) is 5.12 Å². The van der Waals surface area contributed by atoms with Gasteiger partial charge in [0.2, 0.25) is 0 Å². The molecule has 0 saturated carbocycles. The Kier molecular flexibility index (Phi) is 5.63. The van der Waals surface area contributed by atoms with Crippen molar-refractivity contribution < 1.29 is 4.79 Å². The highest BCUT2D eigenvalue weighted by molar-refractivity contribution is 7.96. The molecule has 0 aliphatic heterocycles. The monoisotopic (exact) mass is 398 g/mol. The number of aryl methyl sites for hydroxylation is 1. The van der Waals surface area contributed by atoms with Crippen LogP contribution in [0.15, 0.2) is 104 Å². The number of carbonyl (C=O) groups is 1. The standard InChI is InChI=1S/C25H22N2OS/c28-24(29)17-16-23-18-26-19-27(23)25(20-10-4-1-5-11-20,21-12-6-2-7-13-21)22-14-8-3-9-15-22/h1-15,18-19H,16-17H2,(H,28,29). The van der Waals surface area contributed by atoms with E-state index in [1.54, 1.807) is 0 Å². The maximum Gasteiger partial charge on any atom is 0.186 e. The molecule has 144 valence electrons. The molecule has 0 aliphatic carbocycles. The van der Waals surface area contributed by atoms with Crippen LogP contribution in [0.1, 0.15) is 28.8 Å². The molecule has 4 heteroatoms. The summed E-state index contributed by atoms with van der Waals surface area (Å²) in [7, 11) is 0. The van der Waals surface area contributed by atoms with Crippen molar-refractivity contribution >= 4 is 17.7 Å². The fraction of sp³-hybridized carbons (Fsp3) is 0.120. The Morgan fingerprint density at radius 3 is 1.66 bits per heavy atom. The lowest BCUT2D eigenvalue weighted by Crippen LogP contribution is -2.38. The van der Waals surface area contributed by atoms with Crippen LogP contribution in [0.25, 0.3) is 0 Å². The lowest BCUT2D eigenvalue weighted by atomic mass is 9.76. The summed E-state index contributed by atoms with van der Waals surface area (Å²) < 4.78 is 2.20. The summed E-state index contributed by atoms with van der Waals surface area (Å²) in [5.74, 6) is 0. The maximum absolute atomic E-state index is 11.5. The van der Waals surface area contributed by atoms with Gasteiger partial charge < -0.3 is 4.57 Å². The van der Waals surface area contributed by atoms with E-state index >= 15 is 0 Å². The summed E-state index contributed by atoms with van der Waals surface area (Å²) in [5.41, 5.74) is 3.79. The molecule has 0 bridgehead atoms. The van der Waals surface area contributed by atoms with E-state index < -0.39 is 5.54 Å². The minimum Gasteiger partial charge on any atom is -0.316 e. The van der Waals surface area contributed by atoms with Gasteiger partial charge in [-0.1, -0.05) is 91.0 Å². The third-order valence-electron chi connectivity index (χ3n) is 5.25. The molecule has 3 nitrogen and oxygen atoms in total. The lowest BCUT2D eigenvalue weighted by Gasteiger charge is -2.38. The first-order chi connectivity index (χ1) is 14.2. The van der Waals surface area contributed by atoms with Crippen molar-refractivity contribution in [2.75, 3.05) is 0 Å². The Bertz CT molecular complexity index is 979. The van der Waals surface area contributed by atoms with Crippen LogP contribution in [-0.4, -0.2) is 14.7 Å². The van der Waals surface area contributed by atoms with Crippen molar-refractivity contribution in [3.63, 3.8) is 0 Å². The molecule has 0 fully saturated rings. The van der Waals surface area contributed by atoms with Gasteiger partial charge in [0.05, 0.1) is 6.33 Å². The molecule has 0 unspecified atom stereocenters. The van der Waals surface area contributed by atoms with Gasteiger partial charge in [0, 0.05) is 18.3 Å². The van der Waals surface area contributed by atoms with Crippen molar-refractivity contribution in [3.8, 4) is 0 Å². The minimum atomic E-state index is -0.602. The first-order valence-corrected chi connectivity index (χ1v) is 10.1. The van der Waals surface area contributed by atoms with Gasteiger partial charge in [0.1, 0.15) is 5.54 Å². The summed E-state index contributed by atoms with van der Waals surface area (Å²) >= 11 is 3.96. The van der Waals surface area contributed by atoms with Crippen molar-refractivity contribution in [2.45, 2.75) is 18.4 Å². The van der Waals surface area contributed by atoms with Crippen LogP contribution in [-0.2, 0) is 16.8 Å². The molecule has 29 heavy (non-hydrogen) atoms. The Hall–Kier alpha value is -3.11. The highest BCUT2D eigenvalue weighted by atomic mass is 32.1. The molecule has 0 spiro atoms. The molecule has 0 N–H and O–H groups in total. The fourth-order valence-electron chi connectivity index (χ4n) is 4.00. The molecule has 0 saturated heterocycles. The number of imidazole rings is 1. The van der Waals surface area contributed by atoms with E-state index in [9.17, 15) is 4.79 Å². The van der Waals surface area contributed by atoms with E-state index in [0.717, 1.165) is 22.4 Å². The summed E-state index contributed by atoms with van der Waals surface area (Å²) in [6.07, 6.45) is 4.66. The number of hydrogen-bond acceptors (Lipinski definition) is 2. The SMILES string of the molecule is O=C(S)CCc1cncn1C(c1ccccc1)(c1ccccc1)c1ccccc1. The van der Waals surface area contributed by atoms with Crippen LogP contribution in [0.2, 0.25) is 0 Å². The molecule has 4 aromatic rings. The molecular weight excluding hydrogens is 376 g/mol. The van der Waals surface area contributed by atoms with Crippen LogP contribution in [0.5, 0.6) is 0 Å². The number of hydrogen-bond donors (Lipinski definition) is 1.